The molecular weight excluding hydrogens is 250 g/mol. The van der Waals surface area contributed by atoms with Gasteiger partial charge in [0.1, 0.15) is 0 Å². The Morgan fingerprint density at radius 2 is 2.11 bits per heavy atom. The molecule has 0 amide bonds. The molecule has 4 heteroatoms. The molecule has 0 aliphatic heterocycles. The third kappa shape index (κ3) is 2.54. The van der Waals surface area contributed by atoms with E-state index in [0.717, 1.165) is 17.9 Å². The van der Waals surface area contributed by atoms with Crippen LogP contribution in [0, 0.1) is 0 Å². The van der Waals surface area contributed by atoms with Crippen LogP contribution in [0.1, 0.15) is 36.9 Å². The third-order valence-corrected chi connectivity index (χ3v) is 4.18. The average molecular weight is 270 g/mol. The molecule has 3 N–H and O–H groups in total. The largest absolute Gasteiger partial charge is 0.394 e. The molecule has 18 heavy (non-hydrogen) atoms. The van der Waals surface area contributed by atoms with Crippen LogP contribution >= 0.6 is 11.6 Å². The molecule has 1 aliphatic carbocycles. The van der Waals surface area contributed by atoms with Gasteiger partial charge in [-0.05, 0) is 42.5 Å². The van der Waals surface area contributed by atoms with E-state index in [2.05, 4.69) is 5.32 Å². The van der Waals surface area contributed by atoms with Gasteiger partial charge in [-0.2, -0.15) is 0 Å². The Kier molecular flexibility index (Phi) is 4.28. The minimum absolute atomic E-state index is 0.0561. The number of hydrogen-bond donors (Lipinski definition) is 3. The Morgan fingerprint density at radius 1 is 1.39 bits per heavy atom. The molecule has 0 bridgehead atoms. The van der Waals surface area contributed by atoms with Gasteiger partial charge in [-0.1, -0.05) is 24.6 Å². The molecule has 3 nitrogen and oxygen atoms in total. The molecule has 0 heterocycles. The lowest BCUT2D eigenvalue weighted by Gasteiger charge is -2.33. The zero-order valence-corrected chi connectivity index (χ0v) is 11.4. The predicted octanol–water partition coefficient (Wildman–Crippen LogP) is 2.05. The number of benzene rings is 1. The highest BCUT2D eigenvalue weighted by Crippen LogP contribution is 2.34. The minimum Gasteiger partial charge on any atom is -0.394 e. The maximum atomic E-state index is 9.49. The van der Waals surface area contributed by atoms with Crippen molar-refractivity contribution in [1.82, 2.24) is 5.32 Å². The van der Waals surface area contributed by atoms with Crippen LogP contribution in [0.25, 0.3) is 0 Å². The summed E-state index contributed by atoms with van der Waals surface area (Å²) < 4.78 is 0. The van der Waals surface area contributed by atoms with E-state index in [0.29, 0.717) is 6.42 Å². The Balaban J connectivity index is 2.18. The fourth-order valence-electron chi connectivity index (χ4n) is 2.57. The molecule has 100 valence electrons. The fraction of sp³-hybridized carbons (Fsp3) is 0.571. The van der Waals surface area contributed by atoms with Crippen LogP contribution < -0.4 is 5.32 Å². The van der Waals surface area contributed by atoms with Gasteiger partial charge < -0.3 is 15.5 Å². The second kappa shape index (κ2) is 5.57. The van der Waals surface area contributed by atoms with Crippen molar-refractivity contribution in [2.45, 2.75) is 37.8 Å². The number of nitrogens with one attached hydrogen (secondary N) is 1. The summed E-state index contributed by atoms with van der Waals surface area (Å²) in [4.78, 5) is 0. The first kappa shape index (κ1) is 13.8. The predicted molar refractivity (Wildman–Crippen MR) is 72.8 cm³/mol. The smallest absolute Gasteiger partial charge is 0.0650 e. The van der Waals surface area contributed by atoms with Crippen LogP contribution in [0.4, 0.5) is 0 Å². The maximum absolute atomic E-state index is 9.49. The maximum Gasteiger partial charge on any atom is 0.0650 e. The first-order chi connectivity index (χ1) is 8.64. The van der Waals surface area contributed by atoms with Crippen molar-refractivity contribution in [1.29, 1.82) is 0 Å². The van der Waals surface area contributed by atoms with E-state index >= 15 is 0 Å². The van der Waals surface area contributed by atoms with Crippen molar-refractivity contribution in [3.05, 3.63) is 34.3 Å². The molecule has 0 radical (unpaired) electrons. The van der Waals surface area contributed by atoms with Crippen molar-refractivity contribution >= 4 is 11.6 Å². The van der Waals surface area contributed by atoms with E-state index in [1.807, 2.05) is 25.1 Å². The zero-order valence-electron chi connectivity index (χ0n) is 10.6. The molecule has 0 saturated carbocycles. The summed E-state index contributed by atoms with van der Waals surface area (Å²) in [6.45, 7) is 1.86. The molecule has 0 saturated heterocycles. The Bertz CT molecular complexity index is 410. The number of aliphatic hydroxyl groups is 2. The lowest BCUT2D eigenvalue weighted by molar-refractivity contribution is 0.0775. The number of aryl methyl sites for hydroxylation is 1. The monoisotopic (exact) mass is 269 g/mol. The number of fused-ring (bicyclic) bond motifs is 1. The van der Waals surface area contributed by atoms with Gasteiger partial charge in [0.15, 0.2) is 0 Å². The molecule has 1 atom stereocenters. The van der Waals surface area contributed by atoms with Crippen LogP contribution in [0.2, 0.25) is 5.02 Å². The van der Waals surface area contributed by atoms with E-state index in [4.69, 9.17) is 11.6 Å². The Labute approximate surface area is 113 Å². The summed E-state index contributed by atoms with van der Waals surface area (Å²) in [7, 11) is 0. The molecule has 0 aromatic heterocycles. The highest BCUT2D eigenvalue weighted by atomic mass is 35.5. The standard InChI is InChI=1S/C14H20ClNO2/c1-2-14(8-17,9-18)16-13-6-3-10-7-11(15)4-5-12(10)13/h4-5,7,13,16-18H,2-3,6,8-9H2,1H3. The van der Waals surface area contributed by atoms with Crippen LogP contribution in [0.15, 0.2) is 18.2 Å². The van der Waals surface area contributed by atoms with Crippen molar-refractivity contribution in [2.75, 3.05) is 13.2 Å². The summed E-state index contributed by atoms with van der Waals surface area (Å²) in [6, 6.07) is 6.13. The van der Waals surface area contributed by atoms with Gasteiger partial charge in [0.05, 0.1) is 18.8 Å². The van der Waals surface area contributed by atoms with Crippen molar-refractivity contribution in [3.63, 3.8) is 0 Å². The van der Waals surface area contributed by atoms with E-state index in [1.54, 1.807) is 0 Å². The summed E-state index contributed by atoms with van der Waals surface area (Å²) in [6.07, 6.45) is 2.67. The minimum atomic E-state index is -0.591. The lowest BCUT2D eigenvalue weighted by atomic mass is 9.95. The van der Waals surface area contributed by atoms with Crippen molar-refractivity contribution in [2.24, 2.45) is 0 Å². The Morgan fingerprint density at radius 3 is 2.72 bits per heavy atom. The van der Waals surface area contributed by atoms with E-state index in [1.165, 1.54) is 11.1 Å². The summed E-state index contributed by atoms with van der Waals surface area (Å²) in [5, 5.41) is 23.1. The Hall–Kier alpha value is -0.610. The molecule has 1 unspecified atom stereocenters. The van der Waals surface area contributed by atoms with Gasteiger partial charge in [-0.25, -0.2) is 0 Å². The number of halogens is 1. The van der Waals surface area contributed by atoms with Gasteiger partial charge in [-0.15, -0.1) is 0 Å². The van der Waals surface area contributed by atoms with E-state index < -0.39 is 5.54 Å². The highest BCUT2D eigenvalue weighted by molar-refractivity contribution is 6.30. The molecular formula is C14H20ClNO2. The summed E-state index contributed by atoms with van der Waals surface area (Å²) in [5.41, 5.74) is 1.91. The first-order valence-corrected chi connectivity index (χ1v) is 6.79. The number of hydrogen-bond acceptors (Lipinski definition) is 3. The van der Waals surface area contributed by atoms with Crippen molar-refractivity contribution in [3.8, 4) is 0 Å². The molecule has 1 aromatic rings. The number of rotatable bonds is 5. The first-order valence-electron chi connectivity index (χ1n) is 6.42. The van der Waals surface area contributed by atoms with Gasteiger partial charge in [0.2, 0.25) is 0 Å². The average Bonchev–Trinajstić information content (AvgIpc) is 2.78. The second-order valence-corrected chi connectivity index (χ2v) is 5.47. The quantitative estimate of drug-likeness (QED) is 0.767. The lowest BCUT2D eigenvalue weighted by Crippen LogP contribution is -2.52. The number of aliphatic hydroxyl groups excluding tert-OH is 2. The van der Waals surface area contributed by atoms with E-state index in [-0.39, 0.29) is 19.3 Å². The highest BCUT2D eigenvalue weighted by Gasteiger charge is 2.32. The van der Waals surface area contributed by atoms with Gasteiger partial charge in [-0.3, -0.25) is 0 Å². The van der Waals surface area contributed by atoms with Gasteiger partial charge >= 0.3 is 0 Å². The molecule has 0 spiro atoms. The van der Waals surface area contributed by atoms with Crippen molar-refractivity contribution < 1.29 is 10.2 Å². The molecule has 0 fully saturated rings. The van der Waals surface area contributed by atoms with Gasteiger partial charge in [0.25, 0.3) is 0 Å². The second-order valence-electron chi connectivity index (χ2n) is 5.03. The molecule has 1 aliphatic rings. The summed E-state index contributed by atoms with van der Waals surface area (Å²) in [5.74, 6) is 0. The SMILES string of the molecule is CCC(CO)(CO)NC1CCc2cc(Cl)ccc21. The fourth-order valence-corrected chi connectivity index (χ4v) is 2.77. The van der Waals surface area contributed by atoms with Crippen LogP contribution in [0.3, 0.4) is 0 Å². The molecule has 1 aromatic carbocycles. The normalized spacial score (nSPS) is 19.0. The third-order valence-electron chi connectivity index (χ3n) is 3.95. The zero-order chi connectivity index (χ0) is 13.2. The summed E-state index contributed by atoms with van der Waals surface area (Å²) >= 11 is 5.99. The van der Waals surface area contributed by atoms with Crippen LogP contribution in [-0.2, 0) is 6.42 Å². The topological polar surface area (TPSA) is 52.5 Å². The molecule has 2 rings (SSSR count). The van der Waals surface area contributed by atoms with E-state index in [9.17, 15) is 10.2 Å². The van der Waals surface area contributed by atoms with Crippen LogP contribution in [-0.4, -0.2) is 29.0 Å². The van der Waals surface area contributed by atoms with Gasteiger partial charge in [0, 0.05) is 11.1 Å². The van der Waals surface area contributed by atoms with Crippen LogP contribution in [0.5, 0.6) is 0 Å².